The predicted octanol–water partition coefficient (Wildman–Crippen LogP) is 4.54. The number of hydrogen-bond donors (Lipinski definition) is 1. The molecule has 3 heteroatoms. The Morgan fingerprint density at radius 3 is 2.22 bits per heavy atom. The van der Waals surface area contributed by atoms with Gasteiger partial charge in [-0.25, -0.2) is 4.79 Å². The number of carboxylic acids is 1. The van der Waals surface area contributed by atoms with Gasteiger partial charge in [0.1, 0.15) is 0 Å². The number of allylic oxidation sites excluding steroid dienone is 1. The van der Waals surface area contributed by atoms with Crippen LogP contribution in [0.5, 0.6) is 0 Å². The van der Waals surface area contributed by atoms with Crippen molar-refractivity contribution in [1.82, 2.24) is 0 Å². The van der Waals surface area contributed by atoms with Crippen LogP contribution in [0.3, 0.4) is 0 Å². The minimum Gasteiger partial charge on any atom is -0.478 e. The molecule has 0 aliphatic heterocycles. The summed E-state index contributed by atoms with van der Waals surface area (Å²) < 4.78 is 5.62. The minimum absolute atomic E-state index is 0.458. The fourth-order valence-electron chi connectivity index (χ4n) is 2.43. The molecule has 2 aromatic carbocycles. The first-order valence-corrected chi connectivity index (χ1v) is 7.78. The Morgan fingerprint density at radius 2 is 1.61 bits per heavy atom. The summed E-state index contributed by atoms with van der Waals surface area (Å²) in [5, 5.41) is 9.44. The van der Waals surface area contributed by atoms with Crippen molar-refractivity contribution in [2.75, 3.05) is 6.61 Å². The summed E-state index contributed by atoms with van der Waals surface area (Å²) in [5.74, 6) is -0.852. The average Bonchev–Trinajstić information content (AvgIpc) is 2.59. The van der Waals surface area contributed by atoms with Gasteiger partial charge >= 0.3 is 5.97 Å². The third-order valence-electron chi connectivity index (χ3n) is 3.74. The lowest BCUT2D eigenvalue weighted by Gasteiger charge is -2.09. The van der Waals surface area contributed by atoms with Crippen LogP contribution in [0.15, 0.2) is 66.2 Å². The molecule has 0 fully saturated rings. The molecule has 1 N–H and O–H groups in total. The Morgan fingerprint density at radius 1 is 1.00 bits per heavy atom. The van der Waals surface area contributed by atoms with E-state index in [1.807, 2.05) is 67.6 Å². The molecule has 0 aliphatic carbocycles. The zero-order chi connectivity index (χ0) is 16.5. The van der Waals surface area contributed by atoms with E-state index in [1.54, 1.807) is 0 Å². The first kappa shape index (κ1) is 17.0. The smallest absolute Gasteiger partial charge is 0.331 e. The average molecular weight is 310 g/mol. The first-order valence-electron chi connectivity index (χ1n) is 7.78. The normalized spacial score (nSPS) is 11.9. The summed E-state index contributed by atoms with van der Waals surface area (Å²) in [7, 11) is 0. The van der Waals surface area contributed by atoms with E-state index in [1.165, 1.54) is 0 Å². The molecule has 120 valence electrons. The van der Waals surface area contributed by atoms with Crippen LogP contribution in [0.1, 0.15) is 30.9 Å². The molecule has 23 heavy (non-hydrogen) atoms. The molecular formula is C20H22O3. The molecule has 2 rings (SSSR count). The summed E-state index contributed by atoms with van der Waals surface area (Å²) in [5.41, 5.74) is 3.36. The van der Waals surface area contributed by atoms with Crippen LogP contribution in [0.2, 0.25) is 0 Å². The highest BCUT2D eigenvalue weighted by Crippen LogP contribution is 2.21. The van der Waals surface area contributed by atoms with Crippen molar-refractivity contribution in [3.05, 3.63) is 77.4 Å². The van der Waals surface area contributed by atoms with Gasteiger partial charge in [0.2, 0.25) is 0 Å². The molecule has 0 spiro atoms. The fourth-order valence-corrected chi connectivity index (χ4v) is 2.43. The van der Waals surface area contributed by atoms with E-state index >= 15 is 0 Å². The Bertz CT molecular complexity index is 645. The summed E-state index contributed by atoms with van der Waals surface area (Å²) in [4.78, 5) is 11.5. The highest BCUT2D eigenvalue weighted by atomic mass is 16.5. The number of hydrogen-bond acceptors (Lipinski definition) is 2. The Kier molecular flexibility index (Phi) is 6.57. The van der Waals surface area contributed by atoms with Gasteiger partial charge in [0.05, 0.1) is 6.61 Å². The van der Waals surface area contributed by atoms with Crippen molar-refractivity contribution in [2.24, 2.45) is 0 Å². The van der Waals surface area contributed by atoms with Crippen LogP contribution in [0, 0.1) is 0 Å². The molecule has 0 bridgehead atoms. The third kappa shape index (κ3) is 5.38. The van der Waals surface area contributed by atoms with Gasteiger partial charge in [-0.2, -0.15) is 0 Å². The van der Waals surface area contributed by atoms with Crippen LogP contribution in [-0.4, -0.2) is 17.7 Å². The second-order valence-corrected chi connectivity index (χ2v) is 5.42. The molecular weight excluding hydrogens is 288 g/mol. The van der Waals surface area contributed by atoms with Crippen molar-refractivity contribution in [3.63, 3.8) is 0 Å². The highest BCUT2D eigenvalue weighted by Gasteiger charge is 2.12. The molecule has 0 amide bonds. The Balaban J connectivity index is 1.87. The zero-order valence-electron chi connectivity index (χ0n) is 13.4. The summed E-state index contributed by atoms with van der Waals surface area (Å²) in [6.07, 6.45) is 1.20. The highest BCUT2D eigenvalue weighted by molar-refractivity contribution is 5.95. The Hall–Kier alpha value is -2.39. The third-order valence-corrected chi connectivity index (χ3v) is 3.74. The van der Waals surface area contributed by atoms with E-state index in [-0.39, 0.29) is 0 Å². The monoisotopic (exact) mass is 310 g/mol. The molecule has 0 unspecified atom stereocenters. The molecule has 0 aliphatic rings. The van der Waals surface area contributed by atoms with Gasteiger partial charge in [0.15, 0.2) is 0 Å². The van der Waals surface area contributed by atoms with E-state index in [2.05, 4.69) is 0 Å². The van der Waals surface area contributed by atoms with Crippen LogP contribution in [0.25, 0.3) is 5.57 Å². The van der Waals surface area contributed by atoms with Crippen LogP contribution >= 0.6 is 0 Å². The first-order chi connectivity index (χ1) is 11.2. The number of rotatable bonds is 8. The van der Waals surface area contributed by atoms with Gasteiger partial charge in [-0.05, 0) is 36.5 Å². The van der Waals surface area contributed by atoms with E-state index < -0.39 is 5.97 Å². The van der Waals surface area contributed by atoms with Gasteiger partial charge in [-0.15, -0.1) is 0 Å². The summed E-state index contributed by atoms with van der Waals surface area (Å²) >= 11 is 0. The van der Waals surface area contributed by atoms with Crippen molar-refractivity contribution >= 4 is 11.5 Å². The predicted molar refractivity (Wildman–Crippen MR) is 92.0 cm³/mol. The molecule has 0 saturated carbocycles. The molecule has 2 aromatic rings. The lowest BCUT2D eigenvalue weighted by atomic mass is 9.98. The largest absolute Gasteiger partial charge is 0.478 e. The van der Waals surface area contributed by atoms with Crippen LogP contribution in [0.4, 0.5) is 0 Å². The van der Waals surface area contributed by atoms with Crippen LogP contribution in [-0.2, 0) is 16.1 Å². The quantitative estimate of drug-likeness (QED) is 0.575. The number of carboxylic acid groups (broad SMARTS) is 1. The van der Waals surface area contributed by atoms with Gasteiger partial charge in [0, 0.05) is 12.2 Å². The van der Waals surface area contributed by atoms with Crippen LogP contribution < -0.4 is 0 Å². The summed E-state index contributed by atoms with van der Waals surface area (Å²) in [6, 6.07) is 19.6. The standard InChI is InChI=1S/C20H22O3/c1-16(18-11-6-3-7-12-18)19(20(21)22)13-8-14-23-15-17-9-4-2-5-10-17/h2-7,9-12H,8,13-15H2,1H3,(H,21,22)/b19-16-. The minimum atomic E-state index is -0.852. The van der Waals surface area contributed by atoms with E-state index in [0.717, 1.165) is 16.7 Å². The molecule has 0 aromatic heterocycles. The van der Waals surface area contributed by atoms with Crippen molar-refractivity contribution in [1.29, 1.82) is 0 Å². The van der Waals surface area contributed by atoms with Gasteiger partial charge < -0.3 is 9.84 Å². The second-order valence-electron chi connectivity index (χ2n) is 5.42. The number of benzene rings is 2. The topological polar surface area (TPSA) is 46.5 Å². The van der Waals surface area contributed by atoms with Gasteiger partial charge in [-0.1, -0.05) is 60.7 Å². The number of carbonyl (C=O) groups is 1. The maximum absolute atomic E-state index is 11.5. The zero-order valence-corrected chi connectivity index (χ0v) is 13.4. The lowest BCUT2D eigenvalue weighted by molar-refractivity contribution is -0.132. The molecule has 0 atom stereocenters. The SMILES string of the molecule is C/C(=C(\CCCOCc1ccccc1)C(=O)O)c1ccccc1. The van der Waals surface area contributed by atoms with Crippen molar-refractivity contribution in [3.8, 4) is 0 Å². The number of aliphatic carboxylic acids is 1. The molecule has 3 nitrogen and oxygen atoms in total. The molecule has 0 saturated heterocycles. The van der Waals surface area contributed by atoms with E-state index in [4.69, 9.17) is 4.74 Å². The van der Waals surface area contributed by atoms with E-state index in [0.29, 0.717) is 31.6 Å². The van der Waals surface area contributed by atoms with Gasteiger partial charge in [-0.3, -0.25) is 0 Å². The summed E-state index contributed by atoms with van der Waals surface area (Å²) in [6.45, 7) is 2.97. The molecule has 0 radical (unpaired) electrons. The van der Waals surface area contributed by atoms with Crippen molar-refractivity contribution in [2.45, 2.75) is 26.4 Å². The maximum atomic E-state index is 11.5. The fraction of sp³-hybridized carbons (Fsp3) is 0.250. The second kappa shape index (κ2) is 8.91. The van der Waals surface area contributed by atoms with Crippen molar-refractivity contribution < 1.29 is 14.6 Å². The lowest BCUT2D eigenvalue weighted by Crippen LogP contribution is -2.05. The Labute approximate surface area is 137 Å². The van der Waals surface area contributed by atoms with E-state index in [9.17, 15) is 9.90 Å². The van der Waals surface area contributed by atoms with Gasteiger partial charge in [0.25, 0.3) is 0 Å². The maximum Gasteiger partial charge on any atom is 0.331 e. The molecule has 0 heterocycles. The number of ether oxygens (including phenoxy) is 1.